The molecule has 0 radical (unpaired) electrons. The average molecular weight is 288 g/mol. The highest BCUT2D eigenvalue weighted by atomic mass is 19.1. The Morgan fingerprint density at radius 3 is 2.76 bits per heavy atom. The fourth-order valence-corrected chi connectivity index (χ4v) is 5.78. The Labute approximate surface area is 126 Å². The standard InChI is InChI=1S/C19H25FO/c1-18-9-7-15-14-6-4-13(21)11-12(14)3-5-16(15)17(18)8-10-19(18,2)20/h4,6,11,15-17,21H,3,5,7-10H2,1-2H3. The van der Waals surface area contributed by atoms with Gasteiger partial charge < -0.3 is 5.11 Å². The van der Waals surface area contributed by atoms with Crippen LogP contribution in [-0.2, 0) is 6.42 Å². The predicted octanol–water partition coefficient (Wildman–Crippen LogP) is 4.98. The molecule has 1 N–H and O–H groups in total. The van der Waals surface area contributed by atoms with Crippen molar-refractivity contribution in [3.63, 3.8) is 0 Å². The number of aromatic hydroxyl groups is 1. The summed E-state index contributed by atoms with van der Waals surface area (Å²) in [5.41, 5.74) is 1.64. The van der Waals surface area contributed by atoms with Gasteiger partial charge in [-0.2, -0.15) is 0 Å². The van der Waals surface area contributed by atoms with E-state index in [0.29, 0.717) is 23.5 Å². The molecule has 4 rings (SSSR count). The lowest BCUT2D eigenvalue weighted by atomic mass is 9.54. The summed E-state index contributed by atoms with van der Waals surface area (Å²) in [5.74, 6) is 2.14. The number of phenolic OH excluding ortho intramolecular Hbond substituents is 1. The Kier molecular flexibility index (Phi) is 2.75. The summed E-state index contributed by atoms with van der Waals surface area (Å²) in [4.78, 5) is 0. The number of fused-ring (bicyclic) bond motifs is 5. The molecule has 0 amide bonds. The van der Waals surface area contributed by atoms with Gasteiger partial charge in [-0.05, 0) is 86.5 Å². The third kappa shape index (κ3) is 1.74. The zero-order valence-corrected chi connectivity index (χ0v) is 13.0. The van der Waals surface area contributed by atoms with Crippen LogP contribution in [0.15, 0.2) is 18.2 Å². The fraction of sp³-hybridized carbons (Fsp3) is 0.684. The maximum atomic E-state index is 15.0. The van der Waals surface area contributed by atoms with E-state index >= 15 is 4.39 Å². The van der Waals surface area contributed by atoms with E-state index in [9.17, 15) is 5.11 Å². The third-order valence-corrected chi connectivity index (χ3v) is 7.22. The van der Waals surface area contributed by atoms with Gasteiger partial charge >= 0.3 is 0 Å². The van der Waals surface area contributed by atoms with E-state index in [2.05, 4.69) is 13.0 Å². The molecule has 1 nitrogen and oxygen atoms in total. The summed E-state index contributed by atoms with van der Waals surface area (Å²) in [6.07, 6.45) is 6.11. The molecule has 114 valence electrons. The van der Waals surface area contributed by atoms with Gasteiger partial charge in [-0.15, -0.1) is 0 Å². The molecule has 0 spiro atoms. The van der Waals surface area contributed by atoms with Crippen LogP contribution in [0.25, 0.3) is 0 Å². The van der Waals surface area contributed by atoms with Crippen LogP contribution in [0.1, 0.15) is 63.0 Å². The number of hydrogen-bond acceptors (Lipinski definition) is 1. The van der Waals surface area contributed by atoms with Crippen molar-refractivity contribution in [1.82, 2.24) is 0 Å². The number of hydrogen-bond donors (Lipinski definition) is 1. The van der Waals surface area contributed by atoms with E-state index in [-0.39, 0.29) is 5.41 Å². The number of benzene rings is 1. The van der Waals surface area contributed by atoms with Crippen molar-refractivity contribution >= 4 is 0 Å². The molecule has 3 aliphatic carbocycles. The van der Waals surface area contributed by atoms with Crippen LogP contribution in [0.3, 0.4) is 0 Å². The number of phenols is 1. The minimum Gasteiger partial charge on any atom is -0.508 e. The highest BCUT2D eigenvalue weighted by Gasteiger charge is 2.60. The first-order valence-electron chi connectivity index (χ1n) is 8.43. The zero-order chi connectivity index (χ0) is 14.8. The second-order valence-corrected chi connectivity index (χ2v) is 7.99. The summed E-state index contributed by atoms with van der Waals surface area (Å²) >= 11 is 0. The van der Waals surface area contributed by atoms with Gasteiger partial charge in [0.05, 0.1) is 0 Å². The summed E-state index contributed by atoms with van der Waals surface area (Å²) in [7, 11) is 0. The summed E-state index contributed by atoms with van der Waals surface area (Å²) in [6, 6.07) is 5.88. The highest BCUT2D eigenvalue weighted by Crippen LogP contribution is 2.65. The Hall–Kier alpha value is -1.05. The molecule has 0 heterocycles. The molecule has 3 aliphatic rings. The first-order valence-corrected chi connectivity index (χ1v) is 8.43. The highest BCUT2D eigenvalue weighted by molar-refractivity contribution is 5.40. The van der Waals surface area contributed by atoms with Crippen molar-refractivity contribution in [2.24, 2.45) is 17.3 Å². The smallest absolute Gasteiger partial charge is 0.115 e. The fourth-order valence-electron chi connectivity index (χ4n) is 5.78. The molecule has 1 aromatic rings. The quantitative estimate of drug-likeness (QED) is 0.714. The summed E-state index contributed by atoms with van der Waals surface area (Å²) in [6.45, 7) is 4.04. The van der Waals surface area contributed by atoms with Gasteiger partial charge in [-0.3, -0.25) is 0 Å². The van der Waals surface area contributed by atoms with E-state index in [0.717, 1.165) is 38.5 Å². The van der Waals surface area contributed by atoms with Crippen molar-refractivity contribution in [3.05, 3.63) is 29.3 Å². The summed E-state index contributed by atoms with van der Waals surface area (Å²) < 4.78 is 15.0. The van der Waals surface area contributed by atoms with Gasteiger partial charge in [-0.1, -0.05) is 13.0 Å². The SMILES string of the molecule is CC1(F)CCC2C3CCc4cc(O)ccc4C3CCC21C. The van der Waals surface area contributed by atoms with Gasteiger partial charge in [0.15, 0.2) is 0 Å². The third-order valence-electron chi connectivity index (χ3n) is 7.22. The van der Waals surface area contributed by atoms with Crippen molar-refractivity contribution in [1.29, 1.82) is 0 Å². The average Bonchev–Trinajstić information content (AvgIpc) is 2.69. The van der Waals surface area contributed by atoms with Crippen LogP contribution in [0.4, 0.5) is 4.39 Å². The number of aryl methyl sites for hydroxylation is 1. The molecule has 21 heavy (non-hydrogen) atoms. The van der Waals surface area contributed by atoms with Crippen LogP contribution in [0, 0.1) is 17.3 Å². The van der Waals surface area contributed by atoms with E-state index in [4.69, 9.17) is 0 Å². The largest absolute Gasteiger partial charge is 0.508 e. The molecular formula is C19H25FO. The monoisotopic (exact) mass is 288 g/mol. The second-order valence-electron chi connectivity index (χ2n) is 7.99. The van der Waals surface area contributed by atoms with Crippen molar-refractivity contribution in [2.75, 3.05) is 0 Å². The molecule has 0 bridgehead atoms. The van der Waals surface area contributed by atoms with Gasteiger partial charge in [0.25, 0.3) is 0 Å². The van der Waals surface area contributed by atoms with Gasteiger partial charge in [0.2, 0.25) is 0 Å². The van der Waals surface area contributed by atoms with Crippen molar-refractivity contribution < 1.29 is 9.50 Å². The van der Waals surface area contributed by atoms with Crippen molar-refractivity contribution in [2.45, 2.75) is 64.0 Å². The lowest BCUT2D eigenvalue weighted by Crippen LogP contribution is -2.47. The molecule has 2 fully saturated rings. The van der Waals surface area contributed by atoms with Gasteiger partial charge in [-0.25, -0.2) is 4.39 Å². The van der Waals surface area contributed by atoms with Gasteiger partial charge in [0.1, 0.15) is 11.4 Å². The number of rotatable bonds is 0. The lowest BCUT2D eigenvalue weighted by Gasteiger charge is -2.51. The Balaban J connectivity index is 1.72. The minimum absolute atomic E-state index is 0.122. The lowest BCUT2D eigenvalue weighted by molar-refractivity contribution is -0.0382. The second kappa shape index (κ2) is 4.24. The van der Waals surface area contributed by atoms with Crippen LogP contribution in [0.5, 0.6) is 5.75 Å². The first-order chi connectivity index (χ1) is 9.92. The van der Waals surface area contributed by atoms with Crippen LogP contribution < -0.4 is 0 Å². The zero-order valence-electron chi connectivity index (χ0n) is 13.0. The summed E-state index contributed by atoms with van der Waals surface area (Å²) in [5, 5.41) is 9.69. The molecule has 0 aliphatic heterocycles. The predicted molar refractivity (Wildman–Crippen MR) is 82.2 cm³/mol. The van der Waals surface area contributed by atoms with E-state index in [1.807, 2.05) is 19.1 Å². The molecule has 1 aromatic carbocycles. The van der Waals surface area contributed by atoms with E-state index in [1.54, 1.807) is 0 Å². The molecule has 2 heteroatoms. The first kappa shape index (κ1) is 13.6. The van der Waals surface area contributed by atoms with Crippen LogP contribution in [0.2, 0.25) is 0 Å². The molecule has 5 atom stereocenters. The van der Waals surface area contributed by atoms with E-state index < -0.39 is 5.67 Å². The van der Waals surface area contributed by atoms with Crippen molar-refractivity contribution in [3.8, 4) is 5.75 Å². The number of alkyl halides is 1. The maximum Gasteiger partial charge on any atom is 0.115 e. The molecular weight excluding hydrogens is 263 g/mol. The minimum atomic E-state index is -0.988. The van der Waals surface area contributed by atoms with E-state index in [1.165, 1.54) is 11.1 Å². The van der Waals surface area contributed by atoms with Gasteiger partial charge in [0, 0.05) is 5.41 Å². The molecule has 0 aromatic heterocycles. The Bertz CT molecular complexity index is 579. The normalized spacial score (nSPS) is 44.8. The molecule has 2 saturated carbocycles. The Morgan fingerprint density at radius 2 is 1.95 bits per heavy atom. The number of halogens is 1. The molecule has 0 saturated heterocycles. The maximum absolute atomic E-state index is 15.0. The topological polar surface area (TPSA) is 20.2 Å². The molecule has 5 unspecified atom stereocenters. The Morgan fingerprint density at radius 1 is 1.14 bits per heavy atom. The van der Waals surface area contributed by atoms with Crippen LogP contribution in [-0.4, -0.2) is 10.8 Å². The van der Waals surface area contributed by atoms with Crippen LogP contribution >= 0.6 is 0 Å².